The Morgan fingerprint density at radius 2 is 2.16 bits per heavy atom. The van der Waals surface area contributed by atoms with Gasteiger partial charge in [-0.15, -0.1) is 0 Å². The number of nitrogens with one attached hydrogen (secondary N) is 1. The second-order valence-electron chi connectivity index (χ2n) is 4.86. The van der Waals surface area contributed by atoms with Gasteiger partial charge in [-0.2, -0.15) is 0 Å². The summed E-state index contributed by atoms with van der Waals surface area (Å²) in [5, 5.41) is 3.30. The van der Waals surface area contributed by atoms with Crippen LogP contribution in [-0.2, 0) is 4.79 Å². The molecule has 0 bridgehead atoms. The Kier molecular flexibility index (Phi) is 5.54. The van der Waals surface area contributed by atoms with E-state index in [1.807, 2.05) is 7.05 Å². The van der Waals surface area contributed by atoms with Crippen molar-refractivity contribution in [1.29, 1.82) is 0 Å². The van der Waals surface area contributed by atoms with Crippen molar-refractivity contribution < 1.29 is 4.79 Å². The molecule has 1 heterocycles. The zero-order valence-electron chi connectivity index (χ0n) is 12.1. The Morgan fingerprint density at radius 3 is 2.68 bits per heavy atom. The van der Waals surface area contributed by atoms with Gasteiger partial charge in [0.25, 0.3) is 0 Å². The summed E-state index contributed by atoms with van der Waals surface area (Å²) in [6, 6.07) is 0. The summed E-state index contributed by atoms with van der Waals surface area (Å²) in [7, 11) is 1.81. The summed E-state index contributed by atoms with van der Waals surface area (Å²) in [6.45, 7) is 7.26. The molecule has 0 aliphatic carbocycles. The van der Waals surface area contributed by atoms with Crippen molar-refractivity contribution in [2.45, 2.75) is 33.1 Å². The van der Waals surface area contributed by atoms with Gasteiger partial charge in [0, 0.05) is 19.2 Å². The number of nitrogens with zero attached hydrogens (tertiary/aromatic N) is 3. The van der Waals surface area contributed by atoms with Crippen molar-refractivity contribution in [2.24, 2.45) is 5.73 Å². The zero-order valence-corrected chi connectivity index (χ0v) is 12.1. The molecule has 6 heteroatoms. The molecule has 0 unspecified atom stereocenters. The van der Waals surface area contributed by atoms with Crippen molar-refractivity contribution in [3.8, 4) is 0 Å². The molecule has 0 radical (unpaired) electrons. The minimum absolute atomic E-state index is 0.143. The van der Waals surface area contributed by atoms with Crippen molar-refractivity contribution in [3.05, 3.63) is 11.9 Å². The first-order chi connectivity index (χ1) is 8.97. The molecule has 0 aromatic carbocycles. The fraction of sp³-hybridized carbons (Fsp3) is 0.615. The van der Waals surface area contributed by atoms with Gasteiger partial charge in [0.1, 0.15) is 18.0 Å². The highest BCUT2D eigenvalue weighted by Gasteiger charge is 2.18. The lowest BCUT2D eigenvalue weighted by Gasteiger charge is -2.23. The van der Waals surface area contributed by atoms with Gasteiger partial charge in [-0.05, 0) is 12.3 Å². The Labute approximate surface area is 114 Å². The van der Waals surface area contributed by atoms with Gasteiger partial charge in [0.15, 0.2) is 0 Å². The van der Waals surface area contributed by atoms with Gasteiger partial charge < -0.3 is 16.0 Å². The number of hydrogen-bond acceptors (Lipinski definition) is 5. The Morgan fingerprint density at radius 1 is 1.47 bits per heavy atom. The number of carbonyl (C=O) groups is 1. The van der Waals surface area contributed by atoms with Gasteiger partial charge >= 0.3 is 0 Å². The third-order valence-electron chi connectivity index (χ3n) is 2.74. The van der Waals surface area contributed by atoms with Crippen LogP contribution in [0, 0.1) is 0 Å². The number of nitrogens with two attached hydrogens (primary N) is 1. The first-order valence-electron chi connectivity index (χ1n) is 6.55. The first-order valence-corrected chi connectivity index (χ1v) is 6.55. The van der Waals surface area contributed by atoms with Gasteiger partial charge in [0.2, 0.25) is 5.91 Å². The van der Waals surface area contributed by atoms with E-state index in [0.29, 0.717) is 0 Å². The largest absolute Gasteiger partial charge is 0.370 e. The van der Waals surface area contributed by atoms with Crippen LogP contribution < -0.4 is 16.0 Å². The van der Waals surface area contributed by atoms with E-state index in [0.717, 1.165) is 30.2 Å². The summed E-state index contributed by atoms with van der Waals surface area (Å²) >= 11 is 0. The molecule has 1 aromatic rings. The molecule has 1 rings (SSSR count). The van der Waals surface area contributed by atoms with E-state index in [4.69, 9.17) is 5.73 Å². The SMILES string of the molecule is CCCNc1ncnc(N(C)CC(N)=O)c1C(C)C. The monoisotopic (exact) mass is 265 g/mol. The number of primary amides is 1. The summed E-state index contributed by atoms with van der Waals surface area (Å²) in [6.07, 6.45) is 2.53. The predicted molar refractivity (Wildman–Crippen MR) is 77.4 cm³/mol. The highest BCUT2D eigenvalue weighted by atomic mass is 16.1. The summed E-state index contributed by atoms with van der Waals surface area (Å²) in [5.74, 6) is 1.46. The van der Waals surface area contributed by atoms with Gasteiger partial charge in [-0.1, -0.05) is 20.8 Å². The van der Waals surface area contributed by atoms with Crippen LogP contribution in [0.25, 0.3) is 0 Å². The molecule has 1 aromatic heterocycles. The van der Waals surface area contributed by atoms with Crippen molar-refractivity contribution in [3.63, 3.8) is 0 Å². The molecule has 19 heavy (non-hydrogen) atoms. The van der Waals surface area contributed by atoms with E-state index in [2.05, 4.69) is 36.1 Å². The third-order valence-corrected chi connectivity index (χ3v) is 2.74. The molecule has 0 aliphatic heterocycles. The molecule has 0 atom stereocenters. The van der Waals surface area contributed by atoms with Crippen molar-refractivity contribution in [1.82, 2.24) is 9.97 Å². The Balaban J connectivity index is 3.12. The highest BCUT2D eigenvalue weighted by Crippen LogP contribution is 2.30. The minimum atomic E-state index is -0.376. The van der Waals surface area contributed by atoms with Crippen LogP contribution in [0.4, 0.5) is 11.6 Å². The number of hydrogen-bond donors (Lipinski definition) is 2. The maximum absolute atomic E-state index is 11.0. The molecule has 1 amide bonds. The summed E-state index contributed by atoms with van der Waals surface area (Å²) in [5.41, 5.74) is 6.25. The Hall–Kier alpha value is -1.85. The normalized spacial score (nSPS) is 10.6. The van der Waals surface area contributed by atoms with Crippen LogP contribution in [0.1, 0.15) is 38.7 Å². The summed E-state index contributed by atoms with van der Waals surface area (Å²) < 4.78 is 0. The number of likely N-dealkylation sites (N-methyl/N-ethyl adjacent to an activating group) is 1. The second-order valence-corrected chi connectivity index (χ2v) is 4.86. The van der Waals surface area contributed by atoms with E-state index >= 15 is 0 Å². The fourth-order valence-corrected chi connectivity index (χ4v) is 1.92. The minimum Gasteiger partial charge on any atom is -0.370 e. The summed E-state index contributed by atoms with van der Waals surface area (Å²) in [4.78, 5) is 21.4. The molecule has 0 saturated heterocycles. The number of aromatic nitrogens is 2. The second kappa shape index (κ2) is 6.92. The van der Waals surface area contributed by atoms with E-state index in [9.17, 15) is 4.79 Å². The number of carbonyl (C=O) groups excluding carboxylic acids is 1. The van der Waals surface area contributed by atoms with E-state index in [1.54, 1.807) is 4.90 Å². The molecule has 3 N–H and O–H groups in total. The first kappa shape index (κ1) is 15.2. The maximum Gasteiger partial charge on any atom is 0.236 e. The van der Waals surface area contributed by atoms with Gasteiger partial charge in [-0.3, -0.25) is 4.79 Å². The molecular formula is C13H23N5O. The van der Waals surface area contributed by atoms with E-state index < -0.39 is 0 Å². The maximum atomic E-state index is 11.0. The van der Waals surface area contributed by atoms with Crippen LogP contribution >= 0.6 is 0 Å². The lowest BCUT2D eigenvalue weighted by atomic mass is 10.0. The number of amides is 1. The molecule has 0 saturated carbocycles. The van der Waals surface area contributed by atoms with Gasteiger partial charge in [0.05, 0.1) is 6.54 Å². The van der Waals surface area contributed by atoms with E-state index in [-0.39, 0.29) is 18.4 Å². The van der Waals surface area contributed by atoms with Crippen molar-refractivity contribution in [2.75, 3.05) is 30.4 Å². The molecule has 0 aliphatic rings. The Bertz CT molecular complexity index is 433. The average Bonchev–Trinajstić information content (AvgIpc) is 2.34. The molecule has 6 nitrogen and oxygen atoms in total. The average molecular weight is 265 g/mol. The number of anilines is 2. The topological polar surface area (TPSA) is 84.1 Å². The highest BCUT2D eigenvalue weighted by molar-refractivity contribution is 5.79. The predicted octanol–water partition coefficient (Wildman–Crippen LogP) is 1.34. The number of rotatable bonds is 7. The quantitative estimate of drug-likeness (QED) is 0.777. The van der Waals surface area contributed by atoms with Crippen LogP contribution in [0.5, 0.6) is 0 Å². The van der Waals surface area contributed by atoms with Crippen LogP contribution in [0.15, 0.2) is 6.33 Å². The smallest absolute Gasteiger partial charge is 0.236 e. The van der Waals surface area contributed by atoms with Crippen LogP contribution in [0.2, 0.25) is 0 Å². The van der Waals surface area contributed by atoms with Crippen LogP contribution in [-0.4, -0.2) is 36.0 Å². The van der Waals surface area contributed by atoms with Crippen LogP contribution in [0.3, 0.4) is 0 Å². The zero-order chi connectivity index (χ0) is 14.4. The molecule has 0 spiro atoms. The molecule has 106 valence electrons. The standard InChI is InChI=1S/C13H23N5O/c1-5-6-15-12-11(9(2)3)13(17-8-16-12)18(4)7-10(14)19/h8-9H,5-7H2,1-4H3,(H2,14,19)(H,15,16,17). The molecular weight excluding hydrogens is 242 g/mol. The third kappa shape index (κ3) is 4.08. The lowest BCUT2D eigenvalue weighted by Crippen LogP contribution is -2.32. The molecule has 0 fully saturated rings. The lowest BCUT2D eigenvalue weighted by molar-refractivity contribution is -0.116. The van der Waals surface area contributed by atoms with Crippen molar-refractivity contribution >= 4 is 17.5 Å². The van der Waals surface area contributed by atoms with E-state index in [1.165, 1.54) is 6.33 Å². The fourth-order valence-electron chi connectivity index (χ4n) is 1.92. The van der Waals surface area contributed by atoms with Gasteiger partial charge in [-0.25, -0.2) is 9.97 Å².